The van der Waals surface area contributed by atoms with E-state index in [4.69, 9.17) is 18.8 Å². The van der Waals surface area contributed by atoms with Gasteiger partial charge >= 0.3 is 0 Å². The summed E-state index contributed by atoms with van der Waals surface area (Å²) in [5.74, 6) is -1.48. The van der Waals surface area contributed by atoms with Crippen molar-refractivity contribution in [1.82, 2.24) is 0 Å². The summed E-state index contributed by atoms with van der Waals surface area (Å²) in [5, 5.41) is 0.0581. The molecule has 0 saturated carbocycles. The lowest BCUT2D eigenvalue weighted by atomic mass is 10.0. The third kappa shape index (κ3) is 4.01. The summed E-state index contributed by atoms with van der Waals surface area (Å²) in [4.78, 5) is 23.6. The Kier molecular flexibility index (Phi) is 6.32. The van der Waals surface area contributed by atoms with Crippen LogP contribution < -0.4 is 9.80 Å². The largest absolute Gasteiger partial charge is 0.303 e. The van der Waals surface area contributed by atoms with Gasteiger partial charge in [0.1, 0.15) is 17.2 Å². The van der Waals surface area contributed by atoms with Crippen molar-refractivity contribution in [3.8, 4) is 0 Å². The number of allylic oxidation sites excluding steroid dienone is 1. The second kappa shape index (κ2) is 9.07. The van der Waals surface area contributed by atoms with E-state index in [9.17, 15) is 4.79 Å². The number of carbonyl (C=O) groups is 1. The maximum atomic E-state index is 15.1. The summed E-state index contributed by atoms with van der Waals surface area (Å²) in [5.41, 5.74) is 1.25. The van der Waals surface area contributed by atoms with E-state index in [-0.39, 0.29) is 27.9 Å². The number of thiocarbonyl (C=S) groups is 1. The van der Waals surface area contributed by atoms with E-state index in [0.29, 0.717) is 17.7 Å². The highest BCUT2D eigenvalue weighted by molar-refractivity contribution is 7.81. The molecule has 1 saturated heterocycles. The first-order valence-corrected chi connectivity index (χ1v) is 11.4. The predicted molar refractivity (Wildman–Crippen MR) is 135 cm³/mol. The maximum Gasteiger partial charge on any atom is 0.259 e. The minimum absolute atomic E-state index is 0.0168. The summed E-state index contributed by atoms with van der Waals surface area (Å²) < 4.78 is 30.1. The van der Waals surface area contributed by atoms with Crippen molar-refractivity contribution in [1.29, 1.82) is 0 Å². The Labute approximate surface area is 203 Å². The molecule has 2 aliphatic heterocycles. The summed E-state index contributed by atoms with van der Waals surface area (Å²) in [6, 6.07) is 7.67. The van der Waals surface area contributed by atoms with Gasteiger partial charge in [-0.1, -0.05) is 18.2 Å². The van der Waals surface area contributed by atoms with Crippen LogP contribution in [-0.4, -0.2) is 22.3 Å². The number of amides is 1. The van der Waals surface area contributed by atoms with E-state index in [1.807, 2.05) is 6.08 Å². The van der Waals surface area contributed by atoms with E-state index in [0.717, 1.165) is 29.9 Å². The van der Waals surface area contributed by atoms with Crippen molar-refractivity contribution >= 4 is 46.0 Å². The summed E-state index contributed by atoms with van der Waals surface area (Å²) in [7, 11) is 0. The molecule has 34 heavy (non-hydrogen) atoms. The van der Waals surface area contributed by atoms with Crippen LogP contribution in [-0.2, 0) is 11.2 Å². The highest BCUT2D eigenvalue weighted by Gasteiger charge is 2.51. The molecule has 4 rings (SSSR count). The molecule has 0 aliphatic carbocycles. The van der Waals surface area contributed by atoms with E-state index in [1.54, 1.807) is 37.1 Å². The fraction of sp³-hybridized carbons (Fsp3) is 0.308. The molecule has 0 N–H and O–H groups in total. The molecule has 2 aliphatic rings. The van der Waals surface area contributed by atoms with Gasteiger partial charge in [-0.05, 0) is 81.6 Å². The van der Waals surface area contributed by atoms with Gasteiger partial charge in [-0.2, -0.15) is 0 Å². The molecule has 0 spiro atoms. The molecule has 0 atom stereocenters. The Hall–Kier alpha value is -3.44. The number of hydrogen-bond acceptors (Lipinski definition) is 3. The molecule has 2 aromatic rings. The molecule has 0 radical (unpaired) electrons. The van der Waals surface area contributed by atoms with Crippen LogP contribution >= 0.6 is 12.2 Å². The van der Waals surface area contributed by atoms with Crippen molar-refractivity contribution in [2.45, 2.75) is 52.0 Å². The lowest BCUT2D eigenvalue weighted by molar-refractivity contribution is -0.120. The van der Waals surface area contributed by atoms with Gasteiger partial charge in [0.25, 0.3) is 5.91 Å². The maximum absolute atomic E-state index is 15.1. The van der Waals surface area contributed by atoms with Gasteiger partial charge in [0.2, 0.25) is 0 Å². The van der Waals surface area contributed by atoms with Gasteiger partial charge in [-0.15, -0.1) is 0 Å². The normalized spacial score (nSPS) is 16.9. The van der Waals surface area contributed by atoms with Crippen molar-refractivity contribution in [2.75, 3.05) is 9.80 Å². The number of nitrogens with zero attached hydrogens (tertiary/aromatic N) is 4. The number of aryl methyl sites for hydroxylation is 1. The Balaban J connectivity index is 1.60. The average Bonchev–Trinajstić information content (AvgIpc) is 3.37. The molecule has 0 unspecified atom stereocenters. The number of halogens is 2. The number of aliphatic imine (C=N–C) groups is 1. The van der Waals surface area contributed by atoms with Crippen molar-refractivity contribution in [2.24, 2.45) is 4.99 Å². The number of hydrogen-bond donors (Lipinski definition) is 0. The Morgan fingerprint density at radius 3 is 2.62 bits per heavy atom. The summed E-state index contributed by atoms with van der Waals surface area (Å²) in [6.45, 7) is 12.0. The highest BCUT2D eigenvalue weighted by atomic mass is 32.1. The minimum atomic E-state index is -1.16. The van der Waals surface area contributed by atoms with Crippen LogP contribution in [0, 0.1) is 25.1 Å². The molecule has 2 heterocycles. The van der Waals surface area contributed by atoms with Crippen LogP contribution in [0.3, 0.4) is 0 Å². The van der Waals surface area contributed by atoms with E-state index < -0.39 is 17.3 Å². The van der Waals surface area contributed by atoms with Crippen LogP contribution in [0.5, 0.6) is 0 Å². The molecular weight excluding hydrogens is 454 g/mol. The minimum Gasteiger partial charge on any atom is -0.303 e. The lowest BCUT2D eigenvalue weighted by Gasteiger charge is -2.29. The van der Waals surface area contributed by atoms with Gasteiger partial charge < -0.3 is 4.90 Å². The zero-order chi connectivity index (χ0) is 24.6. The Bertz CT molecular complexity index is 1290. The van der Waals surface area contributed by atoms with E-state index >= 15 is 8.78 Å². The zero-order valence-corrected chi connectivity index (χ0v) is 20.0. The van der Waals surface area contributed by atoms with Crippen molar-refractivity contribution in [3.05, 3.63) is 76.8 Å². The van der Waals surface area contributed by atoms with Gasteiger partial charge in [0.05, 0.1) is 12.3 Å². The average molecular weight is 479 g/mol. The second-order valence-corrected chi connectivity index (χ2v) is 9.25. The highest BCUT2D eigenvalue weighted by Crippen LogP contribution is 2.39. The quantitative estimate of drug-likeness (QED) is 0.355. The molecule has 0 bridgehead atoms. The van der Waals surface area contributed by atoms with Crippen LogP contribution in [0.1, 0.15) is 44.2 Å². The fourth-order valence-corrected chi connectivity index (χ4v) is 4.84. The van der Waals surface area contributed by atoms with Crippen molar-refractivity contribution in [3.63, 3.8) is 0 Å². The molecule has 1 fully saturated rings. The standard InChI is InChI=1S/C26H24F2N4OS/c1-16-21(29-4)12-13-22(23(16)28)31-24(33)26(2,3)32(25(31)34)19-11-10-17(20(27)15-19)7-5-8-18-9-6-14-30-18/h6,10-15H,5,7-9H2,1-3H3. The third-order valence-corrected chi connectivity index (χ3v) is 6.65. The second-order valence-electron chi connectivity index (χ2n) is 8.89. The summed E-state index contributed by atoms with van der Waals surface area (Å²) in [6.07, 6.45) is 6.83. The van der Waals surface area contributed by atoms with E-state index in [2.05, 4.69) is 9.84 Å². The van der Waals surface area contributed by atoms with Crippen molar-refractivity contribution < 1.29 is 13.6 Å². The fourth-order valence-electron chi connectivity index (χ4n) is 4.32. The number of anilines is 2. The Morgan fingerprint density at radius 2 is 1.97 bits per heavy atom. The number of benzene rings is 2. The van der Waals surface area contributed by atoms with Gasteiger partial charge in [0, 0.05) is 24.0 Å². The number of carbonyl (C=O) groups excluding carboxylic acids is 1. The SMILES string of the molecule is [C-]#[N+]c1ccc(N2C(=O)C(C)(C)N(c3ccc(CCCC4=NC=CC4)c(F)c3)C2=S)c(F)c1C. The third-order valence-electron chi connectivity index (χ3n) is 6.29. The first-order chi connectivity index (χ1) is 16.2. The Morgan fingerprint density at radius 1 is 1.21 bits per heavy atom. The summed E-state index contributed by atoms with van der Waals surface area (Å²) >= 11 is 5.59. The first kappa shape index (κ1) is 23.7. The lowest BCUT2D eigenvalue weighted by Crippen LogP contribution is -2.44. The predicted octanol–water partition coefficient (Wildman–Crippen LogP) is 6.42. The van der Waals surface area contributed by atoms with E-state index in [1.165, 1.54) is 25.1 Å². The molecule has 1 amide bonds. The van der Waals surface area contributed by atoms with Gasteiger partial charge in [0.15, 0.2) is 10.8 Å². The number of rotatable bonds is 6. The molecule has 2 aromatic carbocycles. The van der Waals surface area contributed by atoms with Crippen LogP contribution in [0.4, 0.5) is 25.8 Å². The van der Waals surface area contributed by atoms with Crippen LogP contribution in [0.25, 0.3) is 4.85 Å². The molecule has 5 nitrogen and oxygen atoms in total. The van der Waals surface area contributed by atoms with Crippen LogP contribution in [0.15, 0.2) is 47.6 Å². The van der Waals surface area contributed by atoms with Gasteiger partial charge in [-0.25, -0.2) is 13.6 Å². The monoisotopic (exact) mass is 478 g/mol. The first-order valence-electron chi connectivity index (χ1n) is 11.0. The smallest absolute Gasteiger partial charge is 0.259 e. The van der Waals surface area contributed by atoms with Crippen LogP contribution in [0.2, 0.25) is 0 Å². The van der Waals surface area contributed by atoms with Gasteiger partial charge in [-0.3, -0.25) is 14.7 Å². The molecule has 174 valence electrons. The zero-order valence-electron chi connectivity index (χ0n) is 19.2. The molecular formula is C26H24F2N4OS. The molecule has 0 aromatic heterocycles. The topological polar surface area (TPSA) is 40.3 Å². The molecule has 8 heteroatoms.